The van der Waals surface area contributed by atoms with E-state index in [0.29, 0.717) is 11.4 Å². The van der Waals surface area contributed by atoms with Gasteiger partial charge in [0.05, 0.1) is 11.4 Å². The molecule has 1 heterocycles. The lowest BCUT2D eigenvalue weighted by Gasteiger charge is -2.07. The summed E-state index contributed by atoms with van der Waals surface area (Å²) in [5.74, 6) is -0.647. The third kappa shape index (κ3) is 5.28. The minimum atomic E-state index is -0.333. The first kappa shape index (κ1) is 20.7. The first-order valence-corrected chi connectivity index (χ1v) is 9.22. The van der Waals surface area contributed by atoms with Gasteiger partial charge in [-0.1, -0.05) is 12.1 Å². The largest absolute Gasteiger partial charge is 0.506 e. The summed E-state index contributed by atoms with van der Waals surface area (Å²) < 4.78 is 3.21. The predicted octanol–water partition coefficient (Wildman–Crippen LogP) is 2.77. The Morgan fingerprint density at radius 3 is 2.40 bits per heavy atom. The third-order valence-corrected chi connectivity index (χ3v) is 4.35. The minimum Gasteiger partial charge on any atom is -0.506 e. The van der Waals surface area contributed by atoms with Crippen molar-refractivity contribution in [1.82, 2.24) is 4.57 Å². The topological polar surface area (TPSA) is 117 Å². The number of nitrogens with zero attached hydrogens (tertiary/aromatic N) is 3. The molecule has 0 fully saturated rings. The fraction of sp³-hybridized carbons (Fsp3) is 0.190. The molecule has 0 unspecified atom stereocenters. The molecule has 2 amide bonds. The van der Waals surface area contributed by atoms with Gasteiger partial charge in [-0.3, -0.25) is 9.59 Å². The van der Waals surface area contributed by atoms with Gasteiger partial charge in [0.2, 0.25) is 6.33 Å². The molecule has 0 spiro atoms. The highest BCUT2D eigenvalue weighted by Crippen LogP contribution is 2.26. The van der Waals surface area contributed by atoms with Gasteiger partial charge >= 0.3 is 0 Å². The normalized spacial score (nSPS) is 10.5. The molecule has 0 saturated carbocycles. The molecule has 0 radical (unpaired) electrons. The number of anilines is 2. The van der Waals surface area contributed by atoms with Gasteiger partial charge in [-0.05, 0) is 54.4 Å². The van der Waals surface area contributed by atoms with Gasteiger partial charge < -0.3 is 15.7 Å². The molecule has 2 aromatic carbocycles. The second kappa shape index (κ2) is 8.99. The zero-order valence-corrected chi connectivity index (χ0v) is 16.6. The molecule has 30 heavy (non-hydrogen) atoms. The van der Waals surface area contributed by atoms with E-state index in [9.17, 15) is 19.6 Å². The zero-order valence-electron chi connectivity index (χ0n) is 16.6. The Bertz CT molecular complexity index is 1110. The van der Waals surface area contributed by atoms with Crippen molar-refractivity contribution in [3.8, 4) is 5.75 Å². The van der Waals surface area contributed by atoms with E-state index in [4.69, 9.17) is 0 Å². The molecule has 0 saturated heterocycles. The monoisotopic (exact) mass is 408 g/mol. The van der Waals surface area contributed by atoms with Gasteiger partial charge in [0.25, 0.3) is 11.8 Å². The Morgan fingerprint density at radius 2 is 1.70 bits per heavy atom. The summed E-state index contributed by atoms with van der Waals surface area (Å²) in [6.45, 7) is 3.68. The number of benzene rings is 2. The van der Waals surface area contributed by atoms with Gasteiger partial charge in [-0.2, -0.15) is 0 Å². The molecule has 0 bridgehead atoms. The lowest BCUT2D eigenvalue weighted by atomic mass is 10.2. The molecule has 3 rings (SSSR count). The standard InChI is InChI=1S/C21H21N5O4/c1-14-3-5-16(18(9-14)24-30)22-20(28)11-25-7-8-26(13-25)12-21(29)23-17-6-4-15(2)10-19(17)27/h3-10,13H,11-12H2,1-2H3,(H2-,22,23,24,27,28,29,30)/p+1. The maximum absolute atomic E-state index is 12.3. The minimum absolute atomic E-state index is 0.000453. The number of aromatic nitrogens is 2. The molecule has 3 aromatic rings. The molecule has 0 aliphatic carbocycles. The van der Waals surface area contributed by atoms with Crippen LogP contribution in [0.15, 0.2) is 60.3 Å². The van der Waals surface area contributed by atoms with Crippen LogP contribution in [0.1, 0.15) is 11.1 Å². The Balaban J connectivity index is 1.57. The molecule has 154 valence electrons. The third-order valence-electron chi connectivity index (χ3n) is 4.35. The Labute approximate surface area is 172 Å². The summed E-state index contributed by atoms with van der Waals surface area (Å²) >= 11 is 0. The molecular formula is C21H22N5O4+. The van der Waals surface area contributed by atoms with Crippen LogP contribution in [0.2, 0.25) is 0 Å². The molecule has 0 atom stereocenters. The van der Waals surface area contributed by atoms with Crippen molar-refractivity contribution in [2.45, 2.75) is 26.9 Å². The van der Waals surface area contributed by atoms with Crippen LogP contribution in [0.4, 0.5) is 17.1 Å². The van der Waals surface area contributed by atoms with E-state index in [1.165, 1.54) is 0 Å². The van der Waals surface area contributed by atoms with Crippen molar-refractivity contribution >= 4 is 28.9 Å². The van der Waals surface area contributed by atoms with Gasteiger partial charge in [0, 0.05) is 0 Å². The van der Waals surface area contributed by atoms with E-state index in [2.05, 4.69) is 15.8 Å². The second-order valence-corrected chi connectivity index (χ2v) is 6.99. The number of carbonyl (C=O) groups is 2. The summed E-state index contributed by atoms with van der Waals surface area (Å²) in [6.07, 6.45) is 4.93. The summed E-state index contributed by atoms with van der Waals surface area (Å²) in [5, 5.41) is 18.1. The number of hydrogen-bond acceptors (Lipinski definition) is 5. The number of rotatable bonds is 7. The maximum Gasteiger partial charge on any atom is 0.266 e. The van der Waals surface area contributed by atoms with Crippen molar-refractivity contribution in [1.29, 1.82) is 0 Å². The number of carbonyl (C=O) groups excluding carboxylic acids is 2. The highest BCUT2D eigenvalue weighted by Gasteiger charge is 2.14. The number of aromatic hydroxyl groups is 1. The van der Waals surface area contributed by atoms with Gasteiger partial charge in [0.15, 0.2) is 13.1 Å². The van der Waals surface area contributed by atoms with E-state index in [1.54, 1.807) is 64.3 Å². The fourth-order valence-corrected chi connectivity index (χ4v) is 2.91. The van der Waals surface area contributed by atoms with Crippen molar-refractivity contribution in [2.75, 3.05) is 10.6 Å². The van der Waals surface area contributed by atoms with Gasteiger partial charge in [-0.25, -0.2) is 9.13 Å². The van der Waals surface area contributed by atoms with Crippen LogP contribution >= 0.6 is 0 Å². The molecule has 0 aliphatic rings. The predicted molar refractivity (Wildman–Crippen MR) is 111 cm³/mol. The van der Waals surface area contributed by atoms with Crippen LogP contribution in [0.3, 0.4) is 0 Å². The molecule has 9 nitrogen and oxygen atoms in total. The Hall–Kier alpha value is -4.01. The summed E-state index contributed by atoms with van der Waals surface area (Å²) in [5.41, 5.74) is 2.60. The molecule has 1 aromatic heterocycles. The van der Waals surface area contributed by atoms with E-state index >= 15 is 0 Å². The maximum atomic E-state index is 12.3. The van der Waals surface area contributed by atoms with Crippen molar-refractivity contribution in [3.63, 3.8) is 0 Å². The summed E-state index contributed by atoms with van der Waals surface area (Å²) in [6, 6.07) is 9.99. The van der Waals surface area contributed by atoms with E-state index < -0.39 is 0 Å². The van der Waals surface area contributed by atoms with Crippen molar-refractivity contribution in [2.24, 2.45) is 5.18 Å². The van der Waals surface area contributed by atoms with E-state index in [-0.39, 0.29) is 36.3 Å². The number of phenolic OH excluding ortho intramolecular Hbond substituents is 1. The SMILES string of the molecule is Cc1ccc(NC(=O)C[n+]2ccn(CC(=O)Nc3ccc(C)cc3N=O)c2)c(O)c1. The summed E-state index contributed by atoms with van der Waals surface area (Å²) in [4.78, 5) is 35.4. The van der Waals surface area contributed by atoms with Crippen molar-refractivity contribution < 1.29 is 19.3 Å². The quantitative estimate of drug-likeness (QED) is 0.317. The van der Waals surface area contributed by atoms with Crippen LogP contribution in [0.25, 0.3) is 0 Å². The van der Waals surface area contributed by atoms with Crippen LogP contribution < -0.4 is 15.2 Å². The van der Waals surface area contributed by atoms with Crippen LogP contribution in [-0.2, 0) is 22.7 Å². The highest BCUT2D eigenvalue weighted by atomic mass is 16.3. The number of hydrogen-bond donors (Lipinski definition) is 3. The number of imidazole rings is 1. The number of phenols is 1. The van der Waals surface area contributed by atoms with Crippen molar-refractivity contribution in [3.05, 3.63) is 71.2 Å². The number of nitroso groups, excluding NO2 is 1. The Morgan fingerprint density at radius 1 is 1.03 bits per heavy atom. The van der Waals surface area contributed by atoms with Crippen LogP contribution in [0.5, 0.6) is 5.75 Å². The average Bonchev–Trinajstić information content (AvgIpc) is 3.11. The zero-order chi connectivity index (χ0) is 21.7. The number of amides is 2. The highest BCUT2D eigenvalue weighted by molar-refractivity contribution is 5.93. The number of aryl methyl sites for hydroxylation is 2. The molecule has 0 aliphatic heterocycles. The molecular weight excluding hydrogens is 386 g/mol. The van der Waals surface area contributed by atoms with E-state index in [0.717, 1.165) is 11.1 Å². The van der Waals surface area contributed by atoms with E-state index in [1.807, 2.05) is 13.8 Å². The number of nitrogens with one attached hydrogen (secondary N) is 2. The van der Waals surface area contributed by atoms with Gasteiger partial charge in [0.1, 0.15) is 23.8 Å². The fourth-order valence-electron chi connectivity index (χ4n) is 2.91. The lowest BCUT2D eigenvalue weighted by Crippen LogP contribution is -2.38. The summed E-state index contributed by atoms with van der Waals surface area (Å²) in [7, 11) is 0. The first-order valence-electron chi connectivity index (χ1n) is 9.22. The lowest BCUT2D eigenvalue weighted by molar-refractivity contribution is -0.683. The Kier molecular flexibility index (Phi) is 6.21. The average molecular weight is 408 g/mol. The van der Waals surface area contributed by atoms with Crippen LogP contribution in [-0.4, -0.2) is 21.5 Å². The first-order chi connectivity index (χ1) is 14.3. The smallest absolute Gasteiger partial charge is 0.266 e. The van der Waals surface area contributed by atoms with Crippen LogP contribution in [0, 0.1) is 18.8 Å². The van der Waals surface area contributed by atoms with Gasteiger partial charge in [-0.15, -0.1) is 4.91 Å². The molecule has 9 heteroatoms. The second-order valence-electron chi connectivity index (χ2n) is 6.99. The molecule has 3 N–H and O–H groups in total.